The third-order valence-electron chi connectivity index (χ3n) is 7.89. The number of alkyl carbamates (subject to hydrolysis) is 1. The molecule has 1 aromatic heterocycles. The number of aromatic nitrogens is 1. The van der Waals surface area contributed by atoms with Gasteiger partial charge in [-0.25, -0.2) is 4.79 Å². The van der Waals surface area contributed by atoms with E-state index < -0.39 is 5.60 Å². The van der Waals surface area contributed by atoms with Crippen molar-refractivity contribution in [2.24, 2.45) is 0 Å². The van der Waals surface area contributed by atoms with Crippen molar-refractivity contribution in [3.63, 3.8) is 0 Å². The highest BCUT2D eigenvalue weighted by Crippen LogP contribution is 2.53. The van der Waals surface area contributed by atoms with Gasteiger partial charge in [0.25, 0.3) is 0 Å². The molecule has 0 saturated heterocycles. The number of carbonyl (C=O) groups excluding carboxylic acids is 1. The Morgan fingerprint density at radius 2 is 1.88 bits per heavy atom. The smallest absolute Gasteiger partial charge is 0.407 e. The Kier molecular flexibility index (Phi) is 9.44. The van der Waals surface area contributed by atoms with Gasteiger partial charge >= 0.3 is 6.09 Å². The number of rotatable bonds is 13. The number of hydrogen-bond donors (Lipinski definition) is 1. The second-order valence-electron chi connectivity index (χ2n) is 12.7. The molecule has 2 aliphatic carbocycles. The number of hydrogen-bond acceptors (Lipinski definition) is 5. The van der Waals surface area contributed by atoms with Crippen molar-refractivity contribution in [1.29, 1.82) is 0 Å². The Balaban J connectivity index is 1.20. The van der Waals surface area contributed by atoms with Crippen LogP contribution in [-0.4, -0.2) is 29.3 Å². The molecule has 2 fully saturated rings. The van der Waals surface area contributed by atoms with Crippen molar-refractivity contribution in [1.82, 2.24) is 10.3 Å². The van der Waals surface area contributed by atoms with Gasteiger partial charge in [-0.15, -0.1) is 0 Å². The van der Waals surface area contributed by atoms with Gasteiger partial charge in [0.1, 0.15) is 11.4 Å². The molecular weight excluding hydrogens is 548 g/mol. The molecule has 0 radical (unpaired) electrons. The number of nitrogens with zero attached hydrogens (tertiary/aromatic N) is 1. The van der Waals surface area contributed by atoms with Crippen LogP contribution in [0.4, 0.5) is 4.79 Å². The molecule has 2 saturated carbocycles. The minimum atomic E-state index is -0.482. The summed E-state index contributed by atoms with van der Waals surface area (Å²) in [5, 5.41) is 3.56. The summed E-state index contributed by atoms with van der Waals surface area (Å²) < 4.78 is 18.2. The van der Waals surface area contributed by atoms with Crippen LogP contribution in [0, 0.1) is 0 Å². The lowest BCUT2D eigenvalue weighted by atomic mass is 9.94. The first-order valence-corrected chi connectivity index (χ1v) is 15.6. The highest BCUT2D eigenvalue weighted by molar-refractivity contribution is 6.31. The fourth-order valence-corrected chi connectivity index (χ4v) is 5.40. The molecule has 1 atom stereocenters. The largest absolute Gasteiger partial charge is 0.490 e. The average molecular weight is 591 g/mol. The van der Waals surface area contributed by atoms with Gasteiger partial charge in [-0.2, -0.15) is 0 Å². The minimum Gasteiger partial charge on any atom is -0.490 e. The maximum atomic E-state index is 11.9. The molecule has 3 aromatic rings. The van der Waals surface area contributed by atoms with Crippen LogP contribution in [0.2, 0.25) is 5.02 Å². The fraction of sp³-hybridized carbons (Fsp3) is 0.486. The molecule has 224 valence electrons. The number of ether oxygens (including phenoxy) is 3. The maximum absolute atomic E-state index is 11.9. The summed E-state index contributed by atoms with van der Waals surface area (Å²) in [6, 6.07) is 16.6. The Hall–Kier alpha value is -3.09. The number of nitrogens with one attached hydrogen (secondary N) is 1. The van der Waals surface area contributed by atoms with Crippen molar-refractivity contribution in [3.8, 4) is 16.9 Å². The van der Waals surface area contributed by atoms with Crippen LogP contribution >= 0.6 is 11.6 Å². The Bertz CT molecular complexity index is 1380. The van der Waals surface area contributed by atoms with Crippen LogP contribution < -0.4 is 10.1 Å². The van der Waals surface area contributed by atoms with Gasteiger partial charge < -0.3 is 19.5 Å². The minimum absolute atomic E-state index is 0.327. The van der Waals surface area contributed by atoms with Crippen LogP contribution in [0.15, 0.2) is 60.9 Å². The van der Waals surface area contributed by atoms with Crippen molar-refractivity contribution in [2.75, 3.05) is 6.54 Å². The van der Waals surface area contributed by atoms with Crippen molar-refractivity contribution in [2.45, 2.75) is 102 Å². The molecule has 0 spiro atoms. The summed E-state index contributed by atoms with van der Waals surface area (Å²) in [6.07, 6.45) is 10.8. The molecule has 42 heavy (non-hydrogen) atoms. The molecule has 7 heteroatoms. The van der Waals surface area contributed by atoms with E-state index >= 15 is 0 Å². The molecule has 0 aliphatic heterocycles. The number of para-hydroxylation sites is 1. The van der Waals surface area contributed by atoms with E-state index in [9.17, 15) is 4.79 Å². The van der Waals surface area contributed by atoms with E-state index in [1.54, 1.807) is 0 Å². The van der Waals surface area contributed by atoms with Gasteiger partial charge in [0, 0.05) is 35.1 Å². The van der Waals surface area contributed by atoms with Gasteiger partial charge in [0.2, 0.25) is 0 Å². The second kappa shape index (κ2) is 13.0. The van der Waals surface area contributed by atoms with Crippen LogP contribution in [0.1, 0.15) is 95.2 Å². The molecule has 0 bridgehead atoms. The van der Waals surface area contributed by atoms with E-state index in [-0.39, 0.29) is 11.7 Å². The Labute approximate surface area is 255 Å². The Morgan fingerprint density at radius 1 is 1.10 bits per heavy atom. The summed E-state index contributed by atoms with van der Waals surface area (Å²) in [7, 11) is 0. The predicted molar refractivity (Wildman–Crippen MR) is 167 cm³/mol. The standard InChI is InChI=1S/C35H43ClN2O4/c1-24(9-7-8-19-38-33(39)42-34(2,3)4)25-12-15-31(36)26(21-25)23-40-35(17-18-35)30-22-37-20-16-28(30)29-10-5-6-11-32(29)41-27-13-14-27/h5-6,10-12,15-16,20-22,24,27H,7-9,13-14,17-19,23H2,1-4H3,(H,38,39)/t24-/m0/s1. The summed E-state index contributed by atoms with van der Waals surface area (Å²) >= 11 is 6.66. The zero-order valence-electron chi connectivity index (χ0n) is 25.3. The summed E-state index contributed by atoms with van der Waals surface area (Å²) in [5.74, 6) is 1.29. The number of carbonyl (C=O) groups is 1. The summed E-state index contributed by atoms with van der Waals surface area (Å²) in [4.78, 5) is 16.3. The van der Waals surface area contributed by atoms with E-state index in [1.807, 2.05) is 45.3 Å². The molecule has 0 unspecified atom stereocenters. The maximum Gasteiger partial charge on any atom is 0.407 e. The second-order valence-corrected chi connectivity index (χ2v) is 13.1. The first kappa shape index (κ1) is 30.4. The van der Waals surface area contributed by atoms with Gasteiger partial charge in [-0.05, 0) is 100 Å². The third kappa shape index (κ3) is 8.05. The highest BCUT2D eigenvalue weighted by Gasteiger charge is 2.47. The van der Waals surface area contributed by atoms with E-state index in [0.29, 0.717) is 25.2 Å². The van der Waals surface area contributed by atoms with Crippen LogP contribution in [0.3, 0.4) is 0 Å². The van der Waals surface area contributed by atoms with Gasteiger partial charge in [-0.3, -0.25) is 4.98 Å². The zero-order valence-corrected chi connectivity index (χ0v) is 26.0. The molecule has 5 rings (SSSR count). The lowest BCUT2D eigenvalue weighted by molar-refractivity contribution is 0.0173. The molecule has 1 heterocycles. The van der Waals surface area contributed by atoms with E-state index in [2.05, 4.69) is 53.6 Å². The molecule has 1 amide bonds. The molecule has 2 aromatic carbocycles. The van der Waals surface area contributed by atoms with Crippen LogP contribution in [0.5, 0.6) is 5.75 Å². The SMILES string of the molecule is C[C@@H](CCCCNC(=O)OC(C)(C)C)c1ccc(Cl)c(COC2(c3cnccc3-c3ccccc3OC3CC3)CC2)c1. The summed E-state index contributed by atoms with van der Waals surface area (Å²) in [6.45, 7) is 8.88. The molecular formula is C35H43ClN2O4. The van der Waals surface area contributed by atoms with Crippen LogP contribution in [-0.2, 0) is 21.7 Å². The fourth-order valence-electron chi connectivity index (χ4n) is 5.23. The topological polar surface area (TPSA) is 69.7 Å². The number of benzene rings is 2. The first-order chi connectivity index (χ1) is 20.1. The number of amides is 1. The van der Waals surface area contributed by atoms with Crippen LogP contribution in [0.25, 0.3) is 11.1 Å². The van der Waals surface area contributed by atoms with E-state index in [0.717, 1.165) is 78.0 Å². The van der Waals surface area contributed by atoms with Crippen molar-refractivity contribution < 1.29 is 19.0 Å². The molecule has 6 nitrogen and oxygen atoms in total. The van der Waals surface area contributed by atoms with E-state index in [1.165, 1.54) is 5.56 Å². The quantitative estimate of drug-likeness (QED) is 0.201. The number of pyridine rings is 1. The zero-order chi connectivity index (χ0) is 29.7. The predicted octanol–water partition coefficient (Wildman–Crippen LogP) is 8.95. The van der Waals surface area contributed by atoms with Gasteiger partial charge in [0.05, 0.1) is 18.3 Å². The molecule has 1 N–H and O–H groups in total. The lowest BCUT2D eigenvalue weighted by Crippen LogP contribution is -2.33. The van der Waals surface area contributed by atoms with Gasteiger partial charge in [0.15, 0.2) is 0 Å². The van der Waals surface area contributed by atoms with Crippen molar-refractivity contribution >= 4 is 17.7 Å². The third-order valence-corrected chi connectivity index (χ3v) is 8.25. The van der Waals surface area contributed by atoms with Crippen molar-refractivity contribution in [3.05, 3.63) is 82.6 Å². The average Bonchev–Trinajstić information content (AvgIpc) is 3.89. The summed E-state index contributed by atoms with van der Waals surface area (Å²) in [5.41, 5.74) is 4.71. The number of halogens is 1. The normalized spacial score (nSPS) is 16.5. The van der Waals surface area contributed by atoms with Gasteiger partial charge in [-0.1, -0.05) is 55.3 Å². The van der Waals surface area contributed by atoms with E-state index in [4.69, 9.17) is 25.8 Å². The highest BCUT2D eigenvalue weighted by atomic mass is 35.5. The number of unbranched alkanes of at least 4 members (excludes halogenated alkanes) is 1. The Morgan fingerprint density at radius 3 is 2.62 bits per heavy atom. The first-order valence-electron chi connectivity index (χ1n) is 15.2. The lowest BCUT2D eigenvalue weighted by Gasteiger charge is -2.22. The monoisotopic (exact) mass is 590 g/mol. The molecule has 2 aliphatic rings.